The van der Waals surface area contributed by atoms with Gasteiger partial charge in [0.1, 0.15) is 5.82 Å². The summed E-state index contributed by atoms with van der Waals surface area (Å²) in [6.07, 6.45) is 2.81. The van der Waals surface area contributed by atoms with Gasteiger partial charge in [-0.05, 0) is 43.0 Å². The zero-order valence-electron chi connectivity index (χ0n) is 11.8. The molecule has 0 aliphatic carbocycles. The van der Waals surface area contributed by atoms with Gasteiger partial charge >= 0.3 is 0 Å². The summed E-state index contributed by atoms with van der Waals surface area (Å²) in [4.78, 5) is 18.2. The number of carbonyl (C=O) groups is 1. The molecule has 102 valence electrons. The van der Waals surface area contributed by atoms with Gasteiger partial charge in [-0.15, -0.1) is 0 Å². The second kappa shape index (κ2) is 5.08. The first-order valence-corrected chi connectivity index (χ1v) is 6.97. The largest absolute Gasteiger partial charge is 0.326 e. The molecule has 0 saturated carbocycles. The minimum Gasteiger partial charge on any atom is -0.326 e. The number of Topliss-reactive ketones (excluding diaryl/α,β-unsaturated/α-hetero) is 1. The first kappa shape index (κ1) is 12.9. The van der Waals surface area contributed by atoms with Crippen LogP contribution in [0.15, 0.2) is 42.6 Å². The van der Waals surface area contributed by atoms with Gasteiger partial charge in [0.05, 0.1) is 0 Å². The summed E-state index contributed by atoms with van der Waals surface area (Å²) in [5.74, 6) is 1.51. The second-order valence-electron chi connectivity index (χ2n) is 5.51. The highest BCUT2D eigenvalue weighted by Gasteiger charge is 2.23. The van der Waals surface area contributed by atoms with Crippen LogP contribution in [0.1, 0.15) is 29.8 Å². The summed E-state index contributed by atoms with van der Waals surface area (Å²) in [7, 11) is 0. The van der Waals surface area contributed by atoms with Crippen LogP contribution in [-0.4, -0.2) is 17.3 Å². The smallest absolute Gasteiger partial charge is 0.159 e. The number of hydrogen-bond donors (Lipinski definition) is 0. The monoisotopic (exact) mass is 266 g/mol. The lowest BCUT2D eigenvalue weighted by Crippen LogP contribution is -2.31. The Labute approximate surface area is 119 Å². The van der Waals surface area contributed by atoms with Crippen LogP contribution in [0.3, 0.4) is 0 Å². The Morgan fingerprint density at radius 1 is 1.30 bits per heavy atom. The first-order valence-electron chi connectivity index (χ1n) is 6.97. The molecule has 1 aromatic heterocycles. The Hall–Kier alpha value is -2.16. The number of carbonyl (C=O) groups excluding carboxylic acids is 1. The molecule has 0 fully saturated rings. The highest BCUT2D eigenvalue weighted by atomic mass is 16.1. The van der Waals surface area contributed by atoms with Crippen LogP contribution in [0, 0.1) is 5.92 Å². The number of hydrogen-bond acceptors (Lipinski definition) is 3. The van der Waals surface area contributed by atoms with Crippen LogP contribution in [0.4, 0.5) is 11.5 Å². The van der Waals surface area contributed by atoms with Crippen molar-refractivity contribution in [3.05, 3.63) is 53.7 Å². The minimum atomic E-state index is 0.0759. The van der Waals surface area contributed by atoms with Crippen molar-refractivity contribution in [1.82, 2.24) is 4.98 Å². The van der Waals surface area contributed by atoms with Gasteiger partial charge in [-0.1, -0.05) is 25.1 Å². The number of benzene rings is 1. The van der Waals surface area contributed by atoms with Crippen LogP contribution in [0.25, 0.3) is 0 Å². The van der Waals surface area contributed by atoms with Crippen LogP contribution in [0.2, 0.25) is 0 Å². The van der Waals surface area contributed by atoms with E-state index in [0.29, 0.717) is 11.5 Å². The summed E-state index contributed by atoms with van der Waals surface area (Å²) in [5, 5.41) is 0. The SMILES string of the molecule is CC(=O)c1ccnc(N2CC(C)Cc3ccccc32)c1. The van der Waals surface area contributed by atoms with Crippen molar-refractivity contribution in [3.8, 4) is 0 Å². The van der Waals surface area contributed by atoms with E-state index in [-0.39, 0.29) is 5.78 Å². The van der Waals surface area contributed by atoms with E-state index in [0.717, 1.165) is 18.8 Å². The van der Waals surface area contributed by atoms with Crippen molar-refractivity contribution in [2.75, 3.05) is 11.4 Å². The van der Waals surface area contributed by atoms with Gasteiger partial charge in [-0.25, -0.2) is 4.98 Å². The average molecular weight is 266 g/mol. The molecule has 1 atom stereocenters. The van der Waals surface area contributed by atoms with Gasteiger partial charge in [0.25, 0.3) is 0 Å². The van der Waals surface area contributed by atoms with Crippen LogP contribution >= 0.6 is 0 Å². The van der Waals surface area contributed by atoms with Crippen LogP contribution in [-0.2, 0) is 6.42 Å². The molecule has 2 aromatic rings. The van der Waals surface area contributed by atoms with Crippen LogP contribution in [0.5, 0.6) is 0 Å². The number of anilines is 2. The molecule has 1 aliphatic rings. The maximum atomic E-state index is 11.5. The van der Waals surface area contributed by atoms with E-state index in [4.69, 9.17) is 0 Å². The molecule has 0 bridgehead atoms. The molecular weight excluding hydrogens is 248 g/mol. The number of aromatic nitrogens is 1. The zero-order chi connectivity index (χ0) is 14.1. The molecule has 20 heavy (non-hydrogen) atoms. The molecule has 0 amide bonds. The van der Waals surface area contributed by atoms with Gasteiger partial charge in [0, 0.05) is 24.0 Å². The van der Waals surface area contributed by atoms with Crippen molar-refractivity contribution >= 4 is 17.3 Å². The maximum absolute atomic E-state index is 11.5. The van der Waals surface area contributed by atoms with Gasteiger partial charge in [-0.3, -0.25) is 4.79 Å². The standard InChI is InChI=1S/C17H18N2O/c1-12-9-15-5-3-4-6-16(15)19(11-12)17-10-14(13(2)20)7-8-18-17/h3-8,10,12H,9,11H2,1-2H3. The summed E-state index contributed by atoms with van der Waals surface area (Å²) in [6, 6.07) is 12.1. The Morgan fingerprint density at radius 2 is 2.10 bits per heavy atom. The van der Waals surface area contributed by atoms with Crippen molar-refractivity contribution in [2.24, 2.45) is 5.92 Å². The Bertz CT molecular complexity index is 651. The third-order valence-corrected chi connectivity index (χ3v) is 3.77. The van der Waals surface area contributed by atoms with Crippen molar-refractivity contribution in [2.45, 2.75) is 20.3 Å². The normalized spacial score (nSPS) is 17.7. The minimum absolute atomic E-state index is 0.0759. The third kappa shape index (κ3) is 2.31. The lowest BCUT2D eigenvalue weighted by molar-refractivity contribution is 0.101. The molecule has 1 aromatic carbocycles. The number of fused-ring (bicyclic) bond motifs is 1. The summed E-state index contributed by atoms with van der Waals surface area (Å²) >= 11 is 0. The molecule has 0 N–H and O–H groups in total. The maximum Gasteiger partial charge on any atom is 0.159 e. The van der Waals surface area contributed by atoms with Crippen molar-refractivity contribution < 1.29 is 4.79 Å². The number of para-hydroxylation sites is 1. The van der Waals surface area contributed by atoms with E-state index in [1.165, 1.54) is 11.3 Å². The summed E-state index contributed by atoms with van der Waals surface area (Å²) in [5.41, 5.74) is 3.27. The quantitative estimate of drug-likeness (QED) is 0.778. The van der Waals surface area contributed by atoms with E-state index in [1.807, 2.05) is 6.07 Å². The van der Waals surface area contributed by atoms with Gasteiger partial charge in [-0.2, -0.15) is 0 Å². The Kier molecular flexibility index (Phi) is 3.26. The number of ketones is 1. The zero-order valence-corrected chi connectivity index (χ0v) is 11.8. The van der Waals surface area contributed by atoms with E-state index < -0.39 is 0 Å². The topological polar surface area (TPSA) is 33.2 Å². The predicted molar refractivity (Wildman–Crippen MR) is 80.6 cm³/mol. The molecule has 0 spiro atoms. The van der Waals surface area contributed by atoms with Gasteiger partial charge in [0.2, 0.25) is 0 Å². The van der Waals surface area contributed by atoms with Crippen molar-refractivity contribution in [1.29, 1.82) is 0 Å². The number of rotatable bonds is 2. The highest BCUT2D eigenvalue weighted by Crippen LogP contribution is 2.34. The van der Waals surface area contributed by atoms with E-state index in [9.17, 15) is 4.79 Å². The fourth-order valence-corrected chi connectivity index (χ4v) is 2.80. The number of pyridine rings is 1. The van der Waals surface area contributed by atoms with Crippen molar-refractivity contribution in [3.63, 3.8) is 0 Å². The van der Waals surface area contributed by atoms with Crippen LogP contribution < -0.4 is 4.90 Å². The summed E-state index contributed by atoms with van der Waals surface area (Å²) in [6.45, 7) is 4.77. The lowest BCUT2D eigenvalue weighted by Gasteiger charge is -2.34. The first-order chi connectivity index (χ1) is 9.65. The molecule has 3 heteroatoms. The molecule has 0 radical (unpaired) electrons. The molecule has 2 heterocycles. The van der Waals surface area contributed by atoms with E-state index in [1.54, 1.807) is 19.2 Å². The molecule has 3 rings (SSSR count). The van der Waals surface area contributed by atoms with Gasteiger partial charge in [0.15, 0.2) is 5.78 Å². The van der Waals surface area contributed by atoms with Gasteiger partial charge < -0.3 is 4.90 Å². The highest BCUT2D eigenvalue weighted by molar-refractivity contribution is 5.94. The summed E-state index contributed by atoms with van der Waals surface area (Å²) < 4.78 is 0. The molecule has 1 unspecified atom stereocenters. The molecular formula is C17H18N2O. The average Bonchev–Trinajstić information content (AvgIpc) is 2.46. The predicted octanol–water partition coefficient (Wildman–Crippen LogP) is 3.61. The Morgan fingerprint density at radius 3 is 2.90 bits per heavy atom. The molecule has 1 aliphatic heterocycles. The Balaban J connectivity index is 2.06. The fraction of sp³-hybridized carbons (Fsp3) is 0.294. The lowest BCUT2D eigenvalue weighted by atomic mass is 9.94. The number of nitrogens with zero attached hydrogens (tertiary/aromatic N) is 2. The molecule has 0 saturated heterocycles. The fourth-order valence-electron chi connectivity index (χ4n) is 2.80. The van der Waals surface area contributed by atoms with E-state index >= 15 is 0 Å². The third-order valence-electron chi connectivity index (χ3n) is 3.77. The molecule has 3 nitrogen and oxygen atoms in total. The second-order valence-corrected chi connectivity index (χ2v) is 5.51. The van der Waals surface area contributed by atoms with E-state index in [2.05, 4.69) is 41.1 Å².